The molecule has 0 bridgehead atoms. The van der Waals surface area contributed by atoms with E-state index in [1.165, 1.54) is 0 Å². The predicted octanol–water partition coefficient (Wildman–Crippen LogP) is 3.11. The zero-order chi connectivity index (χ0) is 21.9. The average molecular weight is 435 g/mol. The van der Waals surface area contributed by atoms with Crippen LogP contribution in [0.1, 0.15) is 24.4 Å². The van der Waals surface area contributed by atoms with E-state index in [-0.39, 0.29) is 12.5 Å². The van der Waals surface area contributed by atoms with Gasteiger partial charge in [-0.15, -0.1) is 0 Å². The van der Waals surface area contributed by atoms with Crippen LogP contribution in [0.4, 0.5) is 17.3 Å². The van der Waals surface area contributed by atoms with Crippen LogP contribution in [0.2, 0.25) is 0 Å². The van der Waals surface area contributed by atoms with Crippen LogP contribution in [0.5, 0.6) is 0 Å². The quantitative estimate of drug-likeness (QED) is 0.659. The molecule has 2 aliphatic rings. The smallest absolute Gasteiger partial charge is 0.253 e. The van der Waals surface area contributed by atoms with Crippen molar-refractivity contribution in [2.75, 3.05) is 43.2 Å². The lowest BCUT2D eigenvalue weighted by atomic mass is 10.1. The van der Waals surface area contributed by atoms with E-state index in [0.29, 0.717) is 25.1 Å². The van der Waals surface area contributed by atoms with Gasteiger partial charge in [0.25, 0.3) is 5.91 Å². The molecule has 166 valence electrons. The highest BCUT2D eigenvalue weighted by Gasteiger charge is 2.20. The largest absolute Gasteiger partial charge is 0.381 e. The van der Waals surface area contributed by atoms with Crippen molar-refractivity contribution in [2.45, 2.75) is 25.8 Å². The molecule has 0 spiro atoms. The van der Waals surface area contributed by atoms with Crippen LogP contribution in [-0.2, 0) is 14.3 Å². The first-order valence-electron chi connectivity index (χ1n) is 10.9. The SMILES string of the molecule is Cc1cnc(Nc2ccc(N3CCOCC3=O)cc2)nc1-c1cnn(C2CCOCC2)c1. The van der Waals surface area contributed by atoms with Crippen LogP contribution < -0.4 is 10.2 Å². The van der Waals surface area contributed by atoms with E-state index in [0.717, 1.165) is 54.3 Å². The molecule has 9 nitrogen and oxygen atoms in total. The van der Waals surface area contributed by atoms with Crippen LogP contribution >= 0.6 is 0 Å². The first kappa shape index (κ1) is 20.6. The van der Waals surface area contributed by atoms with Gasteiger partial charge in [-0.25, -0.2) is 9.97 Å². The van der Waals surface area contributed by atoms with Crippen LogP contribution in [-0.4, -0.2) is 58.6 Å². The molecular weight excluding hydrogens is 408 g/mol. The third-order valence-corrected chi connectivity index (χ3v) is 5.83. The molecule has 1 aromatic carbocycles. The first-order chi connectivity index (χ1) is 15.7. The first-order valence-corrected chi connectivity index (χ1v) is 10.9. The van der Waals surface area contributed by atoms with Crippen molar-refractivity contribution >= 4 is 23.2 Å². The summed E-state index contributed by atoms with van der Waals surface area (Å²) >= 11 is 0. The normalized spacial score (nSPS) is 17.5. The molecule has 0 radical (unpaired) electrons. The summed E-state index contributed by atoms with van der Waals surface area (Å²) < 4.78 is 12.7. The van der Waals surface area contributed by atoms with E-state index >= 15 is 0 Å². The Bertz CT molecular complexity index is 1090. The molecule has 0 atom stereocenters. The van der Waals surface area contributed by atoms with Gasteiger partial charge in [-0.3, -0.25) is 9.48 Å². The number of carbonyl (C=O) groups excluding carboxylic acids is 1. The molecule has 32 heavy (non-hydrogen) atoms. The summed E-state index contributed by atoms with van der Waals surface area (Å²) in [4.78, 5) is 22.9. The Morgan fingerprint density at radius 2 is 1.88 bits per heavy atom. The molecule has 2 aromatic heterocycles. The summed E-state index contributed by atoms with van der Waals surface area (Å²) in [7, 11) is 0. The highest BCUT2D eigenvalue weighted by Crippen LogP contribution is 2.27. The second kappa shape index (κ2) is 9.05. The fraction of sp³-hybridized carbons (Fsp3) is 0.391. The van der Waals surface area contributed by atoms with E-state index in [1.807, 2.05) is 48.3 Å². The highest BCUT2D eigenvalue weighted by atomic mass is 16.5. The summed E-state index contributed by atoms with van der Waals surface area (Å²) in [5.74, 6) is 0.490. The molecule has 2 aliphatic heterocycles. The number of aromatic nitrogens is 4. The lowest BCUT2D eigenvalue weighted by Gasteiger charge is -2.26. The van der Waals surface area contributed by atoms with Gasteiger partial charge in [0.2, 0.25) is 5.95 Å². The van der Waals surface area contributed by atoms with Gasteiger partial charge in [0, 0.05) is 49.1 Å². The number of nitrogens with one attached hydrogen (secondary N) is 1. The van der Waals surface area contributed by atoms with Crippen molar-refractivity contribution < 1.29 is 14.3 Å². The molecular formula is C23H26N6O3. The topological polar surface area (TPSA) is 94.4 Å². The Hall–Kier alpha value is -3.30. The van der Waals surface area contributed by atoms with E-state index < -0.39 is 0 Å². The maximum atomic E-state index is 12.0. The van der Waals surface area contributed by atoms with Crippen molar-refractivity contribution in [3.05, 3.63) is 48.4 Å². The monoisotopic (exact) mass is 434 g/mol. The fourth-order valence-electron chi connectivity index (χ4n) is 4.05. The number of ether oxygens (including phenoxy) is 2. The van der Waals surface area contributed by atoms with Crippen molar-refractivity contribution in [1.29, 1.82) is 0 Å². The van der Waals surface area contributed by atoms with Gasteiger partial charge in [0.15, 0.2) is 0 Å². The third kappa shape index (κ3) is 4.35. The number of nitrogens with zero attached hydrogens (tertiary/aromatic N) is 5. The predicted molar refractivity (Wildman–Crippen MR) is 120 cm³/mol. The second-order valence-corrected chi connectivity index (χ2v) is 8.05. The van der Waals surface area contributed by atoms with Crippen LogP contribution in [0.3, 0.4) is 0 Å². The molecule has 0 aliphatic carbocycles. The van der Waals surface area contributed by atoms with Gasteiger partial charge >= 0.3 is 0 Å². The summed E-state index contributed by atoms with van der Waals surface area (Å²) in [5.41, 5.74) is 4.53. The Kier molecular flexibility index (Phi) is 5.83. The number of rotatable bonds is 5. The Balaban J connectivity index is 1.32. The number of morpholine rings is 1. The maximum absolute atomic E-state index is 12.0. The fourth-order valence-corrected chi connectivity index (χ4v) is 4.05. The second-order valence-electron chi connectivity index (χ2n) is 8.05. The van der Waals surface area contributed by atoms with E-state index in [9.17, 15) is 4.79 Å². The van der Waals surface area contributed by atoms with Crippen molar-refractivity contribution in [3.63, 3.8) is 0 Å². The molecule has 5 rings (SSSR count). The molecule has 0 unspecified atom stereocenters. The number of amides is 1. The maximum Gasteiger partial charge on any atom is 0.253 e. The molecule has 9 heteroatoms. The van der Waals surface area contributed by atoms with Crippen molar-refractivity contribution in [3.8, 4) is 11.3 Å². The molecule has 1 N–H and O–H groups in total. The molecule has 2 fully saturated rings. The average Bonchev–Trinajstić information content (AvgIpc) is 3.32. The lowest BCUT2D eigenvalue weighted by molar-refractivity contribution is -0.125. The van der Waals surface area contributed by atoms with Gasteiger partial charge in [0.1, 0.15) is 6.61 Å². The van der Waals surface area contributed by atoms with Crippen LogP contribution in [0, 0.1) is 6.92 Å². The number of carbonyl (C=O) groups is 1. The van der Waals surface area contributed by atoms with E-state index in [4.69, 9.17) is 14.5 Å². The minimum atomic E-state index is -0.0234. The summed E-state index contributed by atoms with van der Waals surface area (Å²) in [6, 6.07) is 8.04. The van der Waals surface area contributed by atoms with E-state index in [1.54, 1.807) is 4.90 Å². The van der Waals surface area contributed by atoms with Crippen LogP contribution in [0.15, 0.2) is 42.9 Å². The minimum absolute atomic E-state index is 0.0234. The highest BCUT2D eigenvalue weighted by molar-refractivity contribution is 5.95. The molecule has 0 saturated carbocycles. The number of aryl methyl sites for hydroxylation is 1. The standard InChI is InChI=1S/C23H26N6O3/c1-16-12-24-23(26-18-2-4-19(5-3-18)28-8-11-32-15-21(28)30)27-22(16)17-13-25-29(14-17)20-6-9-31-10-7-20/h2-5,12-14,20H,6-11,15H2,1H3,(H,24,26,27). The van der Waals surface area contributed by atoms with Crippen LogP contribution in [0.25, 0.3) is 11.3 Å². The Morgan fingerprint density at radius 3 is 2.66 bits per heavy atom. The van der Waals surface area contributed by atoms with Crippen molar-refractivity contribution in [1.82, 2.24) is 19.7 Å². The van der Waals surface area contributed by atoms with Gasteiger partial charge in [-0.1, -0.05) is 0 Å². The Labute approximate surface area is 186 Å². The Morgan fingerprint density at radius 1 is 1.06 bits per heavy atom. The van der Waals surface area contributed by atoms with Crippen molar-refractivity contribution in [2.24, 2.45) is 0 Å². The van der Waals surface area contributed by atoms with E-state index in [2.05, 4.69) is 21.6 Å². The summed E-state index contributed by atoms with van der Waals surface area (Å²) in [6.07, 6.45) is 7.69. The number of hydrogen-bond donors (Lipinski definition) is 1. The summed E-state index contributed by atoms with van der Waals surface area (Å²) in [6.45, 7) is 4.80. The molecule has 1 amide bonds. The zero-order valence-corrected chi connectivity index (χ0v) is 18.0. The van der Waals surface area contributed by atoms with Gasteiger partial charge in [-0.05, 0) is 49.6 Å². The zero-order valence-electron chi connectivity index (χ0n) is 18.0. The lowest BCUT2D eigenvalue weighted by Crippen LogP contribution is -2.41. The third-order valence-electron chi connectivity index (χ3n) is 5.83. The number of benzene rings is 1. The minimum Gasteiger partial charge on any atom is -0.381 e. The van der Waals surface area contributed by atoms with Gasteiger partial charge in [0.05, 0.1) is 24.5 Å². The number of anilines is 3. The molecule has 2 saturated heterocycles. The summed E-state index contributed by atoms with van der Waals surface area (Å²) in [5, 5.41) is 7.83. The van der Waals surface area contributed by atoms with Gasteiger partial charge < -0.3 is 19.7 Å². The molecule has 4 heterocycles. The molecule has 3 aromatic rings. The number of hydrogen-bond acceptors (Lipinski definition) is 7. The van der Waals surface area contributed by atoms with Gasteiger partial charge in [-0.2, -0.15) is 5.10 Å².